The van der Waals surface area contributed by atoms with Crippen LogP contribution in [0.3, 0.4) is 0 Å². The lowest BCUT2D eigenvalue weighted by Gasteiger charge is -2.24. The van der Waals surface area contributed by atoms with Gasteiger partial charge < -0.3 is 4.90 Å². The Morgan fingerprint density at radius 2 is 2.06 bits per heavy atom. The van der Waals surface area contributed by atoms with Crippen LogP contribution in [-0.2, 0) is 10.2 Å². The number of carbonyl (C=O) groups is 1. The van der Waals surface area contributed by atoms with E-state index in [0.29, 0.717) is 6.29 Å². The minimum absolute atomic E-state index is 0.203. The number of rotatable bonds is 1. The van der Waals surface area contributed by atoms with Crippen molar-refractivity contribution in [3.8, 4) is 6.07 Å². The minimum Gasteiger partial charge on any atom is -0.346 e. The average molecular weight is 226 g/mol. The van der Waals surface area contributed by atoms with Gasteiger partial charge in [-0.25, -0.2) is 0 Å². The Hall–Kier alpha value is -2.08. The highest BCUT2D eigenvalue weighted by Crippen LogP contribution is 2.47. The van der Waals surface area contributed by atoms with Crippen molar-refractivity contribution >= 4 is 12.0 Å². The lowest BCUT2D eigenvalue weighted by Crippen LogP contribution is -2.25. The molecule has 0 unspecified atom stereocenters. The predicted molar refractivity (Wildman–Crippen MR) is 66.6 cm³/mol. The van der Waals surface area contributed by atoms with Crippen LogP contribution in [0.4, 0.5) is 5.69 Å². The molecule has 1 aromatic carbocycles. The van der Waals surface area contributed by atoms with Gasteiger partial charge in [-0.3, -0.25) is 4.79 Å². The second-order valence-corrected chi connectivity index (χ2v) is 4.69. The first-order valence-electron chi connectivity index (χ1n) is 5.47. The Labute approximate surface area is 101 Å². The average Bonchev–Trinajstić information content (AvgIpc) is 2.53. The van der Waals surface area contributed by atoms with Gasteiger partial charge in [0.2, 0.25) is 0 Å². The van der Waals surface area contributed by atoms with Crippen LogP contribution in [0.25, 0.3) is 0 Å². The third-order valence-corrected chi connectivity index (χ3v) is 3.36. The molecule has 86 valence electrons. The first kappa shape index (κ1) is 11.4. The molecule has 1 heterocycles. The summed E-state index contributed by atoms with van der Waals surface area (Å²) in [6, 6.07) is 9.96. The van der Waals surface area contributed by atoms with Gasteiger partial charge in [0.15, 0.2) is 6.29 Å². The second-order valence-electron chi connectivity index (χ2n) is 4.69. The fraction of sp³-hybridized carbons (Fsp3) is 0.286. The number of para-hydroxylation sites is 1. The predicted octanol–water partition coefficient (Wildman–Crippen LogP) is 2.39. The van der Waals surface area contributed by atoms with Gasteiger partial charge in [-0.2, -0.15) is 5.26 Å². The second kappa shape index (κ2) is 3.74. The fourth-order valence-corrected chi connectivity index (χ4v) is 2.61. The summed E-state index contributed by atoms with van der Waals surface area (Å²) in [6.45, 7) is 4.07. The van der Waals surface area contributed by atoms with Crippen molar-refractivity contribution in [2.24, 2.45) is 0 Å². The fourth-order valence-electron chi connectivity index (χ4n) is 2.61. The van der Waals surface area contributed by atoms with E-state index in [4.69, 9.17) is 5.26 Å². The number of aldehydes is 1. The third-order valence-electron chi connectivity index (χ3n) is 3.36. The van der Waals surface area contributed by atoms with E-state index in [-0.39, 0.29) is 11.0 Å². The molecule has 3 heteroatoms. The maximum Gasteiger partial charge on any atom is 0.162 e. The molecule has 0 radical (unpaired) electrons. The minimum atomic E-state index is -0.308. The molecule has 1 aliphatic rings. The molecule has 2 rings (SSSR count). The normalized spacial score (nSPS) is 19.5. The largest absolute Gasteiger partial charge is 0.346 e. The number of allylic oxidation sites excluding steroid dienone is 2. The van der Waals surface area contributed by atoms with Crippen LogP contribution >= 0.6 is 0 Å². The van der Waals surface area contributed by atoms with E-state index >= 15 is 0 Å². The summed E-state index contributed by atoms with van der Waals surface area (Å²) in [6.07, 6.45) is 0.638. The van der Waals surface area contributed by atoms with Gasteiger partial charge in [-0.1, -0.05) is 32.0 Å². The van der Waals surface area contributed by atoms with Crippen molar-refractivity contribution in [2.45, 2.75) is 19.3 Å². The molecule has 0 amide bonds. The van der Waals surface area contributed by atoms with E-state index in [1.807, 2.05) is 56.1 Å². The first-order chi connectivity index (χ1) is 8.04. The van der Waals surface area contributed by atoms with Crippen molar-refractivity contribution in [1.82, 2.24) is 0 Å². The molecule has 0 fully saturated rings. The van der Waals surface area contributed by atoms with Gasteiger partial charge in [-0.05, 0) is 11.6 Å². The Morgan fingerprint density at radius 1 is 1.41 bits per heavy atom. The number of hydrogen-bond donors (Lipinski definition) is 0. The molecule has 0 atom stereocenters. The maximum absolute atomic E-state index is 11.0. The number of anilines is 1. The molecule has 0 aromatic heterocycles. The summed E-state index contributed by atoms with van der Waals surface area (Å²) < 4.78 is 0. The van der Waals surface area contributed by atoms with Crippen molar-refractivity contribution < 1.29 is 4.79 Å². The molecule has 1 aliphatic heterocycles. The lowest BCUT2D eigenvalue weighted by molar-refractivity contribution is -0.104. The molecule has 0 bridgehead atoms. The number of nitriles is 1. The molecule has 1 aromatic rings. The highest BCUT2D eigenvalue weighted by molar-refractivity contribution is 5.85. The summed E-state index contributed by atoms with van der Waals surface area (Å²) in [5.41, 5.74) is 2.87. The maximum atomic E-state index is 11.0. The molecule has 0 saturated heterocycles. The Balaban J connectivity index is 2.75. The number of likely N-dealkylation sites (N-methyl/N-ethyl adjacent to an activating group) is 1. The van der Waals surface area contributed by atoms with Crippen molar-refractivity contribution in [3.63, 3.8) is 0 Å². The lowest BCUT2D eigenvalue weighted by atomic mass is 9.82. The highest BCUT2D eigenvalue weighted by atomic mass is 16.1. The number of hydrogen-bond acceptors (Lipinski definition) is 3. The van der Waals surface area contributed by atoms with E-state index in [0.717, 1.165) is 16.9 Å². The summed E-state index contributed by atoms with van der Waals surface area (Å²) in [5.74, 6) is 0. The topological polar surface area (TPSA) is 44.1 Å². The van der Waals surface area contributed by atoms with Crippen molar-refractivity contribution in [3.05, 3.63) is 41.1 Å². The first-order valence-corrected chi connectivity index (χ1v) is 5.47. The zero-order valence-electron chi connectivity index (χ0n) is 10.2. The molecule has 0 N–H and O–H groups in total. The number of carbonyl (C=O) groups excluding carboxylic acids is 1. The molecule has 0 saturated carbocycles. The molecule has 0 aliphatic carbocycles. The SMILES string of the molecule is CN1/C(=C(\C#N)C=O)C(C)(C)c2ccccc21. The van der Waals surface area contributed by atoms with Crippen LogP contribution in [0, 0.1) is 11.3 Å². The van der Waals surface area contributed by atoms with Crippen molar-refractivity contribution in [1.29, 1.82) is 5.26 Å². The van der Waals surface area contributed by atoms with Crippen LogP contribution in [0.1, 0.15) is 19.4 Å². The van der Waals surface area contributed by atoms with Crippen LogP contribution in [0.15, 0.2) is 35.5 Å². The Morgan fingerprint density at radius 3 is 2.59 bits per heavy atom. The highest BCUT2D eigenvalue weighted by Gasteiger charge is 2.40. The van der Waals surface area contributed by atoms with Gasteiger partial charge in [0.05, 0.1) is 0 Å². The van der Waals surface area contributed by atoms with Crippen molar-refractivity contribution in [2.75, 3.05) is 11.9 Å². The molecular formula is C14H14N2O. The van der Waals surface area contributed by atoms with E-state index in [1.54, 1.807) is 0 Å². The zero-order valence-corrected chi connectivity index (χ0v) is 10.2. The monoisotopic (exact) mass is 226 g/mol. The number of fused-ring (bicyclic) bond motifs is 1. The van der Waals surface area contributed by atoms with Crippen LogP contribution < -0.4 is 4.90 Å². The smallest absolute Gasteiger partial charge is 0.162 e. The van der Waals surface area contributed by atoms with E-state index < -0.39 is 0 Å². The van der Waals surface area contributed by atoms with Gasteiger partial charge in [0, 0.05) is 23.8 Å². The van der Waals surface area contributed by atoms with Gasteiger partial charge in [-0.15, -0.1) is 0 Å². The summed E-state index contributed by atoms with van der Waals surface area (Å²) in [5, 5.41) is 9.05. The summed E-state index contributed by atoms with van der Waals surface area (Å²) in [7, 11) is 1.89. The number of nitrogens with zero attached hydrogens (tertiary/aromatic N) is 2. The summed E-state index contributed by atoms with van der Waals surface area (Å²) >= 11 is 0. The van der Waals surface area contributed by atoms with E-state index in [9.17, 15) is 4.79 Å². The zero-order chi connectivity index (χ0) is 12.6. The van der Waals surface area contributed by atoms with E-state index in [1.165, 1.54) is 0 Å². The van der Waals surface area contributed by atoms with Gasteiger partial charge in [0.25, 0.3) is 0 Å². The Kier molecular flexibility index (Phi) is 2.51. The quantitative estimate of drug-likeness (QED) is 0.419. The van der Waals surface area contributed by atoms with Crippen LogP contribution in [0.5, 0.6) is 0 Å². The molecule has 17 heavy (non-hydrogen) atoms. The molecule has 3 nitrogen and oxygen atoms in total. The molecule has 0 spiro atoms. The van der Waals surface area contributed by atoms with Crippen LogP contribution in [-0.4, -0.2) is 13.3 Å². The molecular weight excluding hydrogens is 212 g/mol. The van der Waals surface area contributed by atoms with E-state index in [2.05, 4.69) is 0 Å². The third kappa shape index (κ3) is 1.45. The number of benzene rings is 1. The summed E-state index contributed by atoms with van der Waals surface area (Å²) in [4.78, 5) is 12.9. The standard InChI is InChI=1S/C14H14N2O/c1-14(2)11-6-4-5-7-12(11)16(3)13(14)10(8-15)9-17/h4-7,9H,1-3H3/b13-10+. The Bertz CT molecular complexity index is 550. The van der Waals surface area contributed by atoms with Gasteiger partial charge in [0.1, 0.15) is 11.6 Å². The van der Waals surface area contributed by atoms with Crippen LogP contribution in [0.2, 0.25) is 0 Å². The van der Waals surface area contributed by atoms with Gasteiger partial charge >= 0.3 is 0 Å².